The number of rotatable bonds is 3. The van der Waals surface area contributed by atoms with Crippen LogP contribution in [0.2, 0.25) is 0 Å². The van der Waals surface area contributed by atoms with Crippen LogP contribution in [0.4, 0.5) is 0 Å². The maximum Gasteiger partial charge on any atom is 0.320 e. The van der Waals surface area contributed by atoms with E-state index in [2.05, 4.69) is 5.32 Å². The number of hydrogen-bond acceptors (Lipinski definition) is 5. The highest BCUT2D eigenvalue weighted by molar-refractivity contribution is 5.99. The minimum Gasteiger partial charge on any atom is -0.393 e. The van der Waals surface area contributed by atoms with E-state index >= 15 is 0 Å². The van der Waals surface area contributed by atoms with Crippen LogP contribution < -0.4 is 5.32 Å². The van der Waals surface area contributed by atoms with Gasteiger partial charge in [-0.05, 0) is 56.3 Å². The summed E-state index contributed by atoms with van der Waals surface area (Å²) < 4.78 is 10.8. The molecule has 4 atom stereocenters. The van der Waals surface area contributed by atoms with Gasteiger partial charge in [-0.2, -0.15) is 0 Å². The van der Waals surface area contributed by atoms with Gasteiger partial charge >= 0.3 is 11.9 Å². The van der Waals surface area contributed by atoms with E-state index in [9.17, 15) is 14.4 Å². The summed E-state index contributed by atoms with van der Waals surface area (Å²) in [6.45, 7) is 0.240. The molecule has 1 amide bonds. The molecule has 6 nitrogen and oxygen atoms in total. The fraction of sp³-hybridized carbons (Fsp3) is 0.750. The second-order valence-electron chi connectivity index (χ2n) is 9.52. The average molecular weight is 357 g/mol. The lowest BCUT2D eigenvalue weighted by atomic mass is 9.49. The third kappa shape index (κ3) is 1.83. The molecule has 1 N–H and O–H groups in total. The van der Waals surface area contributed by atoms with Crippen molar-refractivity contribution in [3.05, 3.63) is 12.2 Å². The van der Waals surface area contributed by atoms with Crippen molar-refractivity contribution in [1.29, 1.82) is 0 Å². The molecule has 0 unspecified atom stereocenters. The van der Waals surface area contributed by atoms with Crippen molar-refractivity contribution in [3.63, 3.8) is 0 Å². The lowest BCUT2D eigenvalue weighted by Crippen LogP contribution is -2.56. The lowest BCUT2D eigenvalue weighted by molar-refractivity contribution is -0.159. The van der Waals surface area contributed by atoms with Crippen LogP contribution in [-0.2, 0) is 23.9 Å². The Labute approximate surface area is 151 Å². The number of amides is 1. The first-order valence-corrected chi connectivity index (χ1v) is 9.89. The van der Waals surface area contributed by atoms with Crippen molar-refractivity contribution in [3.8, 4) is 0 Å². The van der Waals surface area contributed by atoms with E-state index in [0.29, 0.717) is 17.8 Å². The number of cyclic esters (lactones) is 2. The van der Waals surface area contributed by atoms with Crippen LogP contribution in [0, 0.1) is 35.0 Å². The first kappa shape index (κ1) is 15.4. The number of hydrogen-bond donors (Lipinski definition) is 1. The van der Waals surface area contributed by atoms with Crippen LogP contribution in [0.5, 0.6) is 0 Å². The first-order chi connectivity index (χ1) is 12.5. The van der Waals surface area contributed by atoms with Crippen LogP contribution in [0.25, 0.3) is 0 Å². The Bertz CT molecular complexity index is 722. The molecule has 0 spiro atoms. The summed E-state index contributed by atoms with van der Waals surface area (Å²) >= 11 is 0. The fourth-order valence-corrected chi connectivity index (χ4v) is 7.31. The number of esters is 2. The summed E-state index contributed by atoms with van der Waals surface area (Å²) in [5.41, 5.74) is -1.15. The zero-order valence-corrected chi connectivity index (χ0v) is 14.6. The van der Waals surface area contributed by atoms with Crippen LogP contribution >= 0.6 is 0 Å². The van der Waals surface area contributed by atoms with Crippen molar-refractivity contribution in [2.45, 2.75) is 50.2 Å². The van der Waals surface area contributed by atoms with Gasteiger partial charge in [0, 0.05) is 5.41 Å². The summed E-state index contributed by atoms with van der Waals surface area (Å²) in [6, 6.07) is 0. The van der Waals surface area contributed by atoms with Crippen molar-refractivity contribution in [2.75, 3.05) is 6.54 Å². The van der Waals surface area contributed by atoms with E-state index in [1.807, 2.05) is 12.2 Å². The second-order valence-corrected chi connectivity index (χ2v) is 9.52. The molecular formula is C20H23NO5. The van der Waals surface area contributed by atoms with E-state index in [-0.39, 0.29) is 17.9 Å². The van der Waals surface area contributed by atoms with Gasteiger partial charge in [0.2, 0.25) is 5.91 Å². The molecule has 26 heavy (non-hydrogen) atoms. The quantitative estimate of drug-likeness (QED) is 0.468. The molecule has 0 aromatic carbocycles. The van der Waals surface area contributed by atoms with Gasteiger partial charge in [0.25, 0.3) is 0 Å². The normalized spacial score (nSPS) is 52.5. The standard InChI is InChI=1S/C20H23NO5/c22-16-14-13-1-2-20(26-13,15(14)17(23)25-16)9-21-18(24)19-6-10-3-11(7-19)5-12(4-10)8-19/h1-2,10-15H,3-9H2,(H,21,24)/t10?,11?,12?,13-,14-,15+,19?,20-/m0/s1. The van der Waals surface area contributed by atoms with E-state index in [1.54, 1.807) is 0 Å². The largest absolute Gasteiger partial charge is 0.393 e. The Morgan fingerprint density at radius 1 is 1.08 bits per heavy atom. The molecule has 7 aliphatic rings. The summed E-state index contributed by atoms with van der Waals surface area (Å²) in [5.74, 6) is 0.0408. The maximum atomic E-state index is 13.2. The SMILES string of the molecule is O=C1OC(=O)[C@H]2[C@@H]1[C@@H]1C=C[C@@]2(CNC(=O)C23CC4CC(CC(C4)C2)C3)O1. The van der Waals surface area contributed by atoms with Crippen molar-refractivity contribution >= 4 is 17.8 Å². The molecule has 7 rings (SSSR count). The summed E-state index contributed by atoms with van der Waals surface area (Å²) in [4.78, 5) is 37.3. The van der Waals surface area contributed by atoms with Gasteiger partial charge in [0.1, 0.15) is 17.4 Å². The first-order valence-electron chi connectivity index (χ1n) is 9.89. The van der Waals surface area contributed by atoms with Crippen molar-refractivity contribution in [1.82, 2.24) is 5.32 Å². The maximum absolute atomic E-state index is 13.2. The predicted molar refractivity (Wildman–Crippen MR) is 88.4 cm³/mol. The van der Waals surface area contributed by atoms with Crippen molar-refractivity contribution in [2.24, 2.45) is 35.0 Å². The number of carbonyl (C=O) groups excluding carboxylic acids is 3. The topological polar surface area (TPSA) is 81.7 Å². The third-order valence-electron chi connectivity index (χ3n) is 7.94. The molecule has 6 heteroatoms. The number of fused-ring (bicyclic) bond motifs is 5. The molecular weight excluding hydrogens is 334 g/mol. The summed E-state index contributed by atoms with van der Waals surface area (Å²) in [5, 5.41) is 3.11. The fourth-order valence-electron chi connectivity index (χ4n) is 7.31. The number of carbonyl (C=O) groups is 3. The van der Waals surface area contributed by atoms with Gasteiger partial charge < -0.3 is 14.8 Å². The number of nitrogens with one attached hydrogen (secondary N) is 1. The smallest absolute Gasteiger partial charge is 0.320 e. The molecule has 0 aromatic heterocycles. The van der Waals surface area contributed by atoms with Crippen LogP contribution in [0.15, 0.2) is 12.2 Å². The molecule has 0 aromatic rings. The highest BCUT2D eigenvalue weighted by atomic mass is 16.6. The van der Waals surface area contributed by atoms with Crippen LogP contribution in [-0.4, -0.2) is 36.1 Å². The third-order valence-corrected chi connectivity index (χ3v) is 7.94. The molecule has 3 aliphatic heterocycles. The Kier molecular flexibility index (Phi) is 2.82. The van der Waals surface area contributed by atoms with Crippen molar-refractivity contribution < 1.29 is 23.9 Å². The molecule has 4 aliphatic carbocycles. The number of ether oxygens (including phenoxy) is 2. The molecule has 0 radical (unpaired) electrons. The zero-order chi connectivity index (χ0) is 17.7. The molecule has 4 saturated carbocycles. The van der Waals surface area contributed by atoms with E-state index in [0.717, 1.165) is 19.3 Å². The average Bonchev–Trinajstić information content (AvgIpc) is 3.23. The highest BCUT2D eigenvalue weighted by Gasteiger charge is 2.67. The molecule has 138 valence electrons. The van der Waals surface area contributed by atoms with Crippen LogP contribution in [0.1, 0.15) is 38.5 Å². The molecule has 2 saturated heterocycles. The monoisotopic (exact) mass is 357 g/mol. The second kappa shape index (κ2) is 4.77. The zero-order valence-electron chi connectivity index (χ0n) is 14.6. The van der Waals surface area contributed by atoms with E-state index in [1.165, 1.54) is 19.3 Å². The van der Waals surface area contributed by atoms with Gasteiger partial charge in [-0.25, -0.2) is 0 Å². The van der Waals surface area contributed by atoms with Gasteiger partial charge in [-0.15, -0.1) is 0 Å². The molecule has 6 fully saturated rings. The highest BCUT2D eigenvalue weighted by Crippen LogP contribution is 2.60. The lowest BCUT2D eigenvalue weighted by Gasteiger charge is -2.55. The molecule has 3 heterocycles. The predicted octanol–water partition coefficient (Wildman–Crippen LogP) is 1.34. The Balaban J connectivity index is 1.22. The van der Waals surface area contributed by atoms with E-state index in [4.69, 9.17) is 9.47 Å². The van der Waals surface area contributed by atoms with Gasteiger partial charge in [-0.3, -0.25) is 14.4 Å². The Morgan fingerprint density at radius 2 is 1.73 bits per heavy atom. The summed E-state index contributed by atoms with van der Waals surface area (Å²) in [6.07, 6.45) is 10.2. The minimum absolute atomic E-state index is 0.118. The Morgan fingerprint density at radius 3 is 2.38 bits per heavy atom. The van der Waals surface area contributed by atoms with Crippen LogP contribution in [0.3, 0.4) is 0 Å². The van der Waals surface area contributed by atoms with E-state index < -0.39 is 35.5 Å². The van der Waals surface area contributed by atoms with Gasteiger partial charge in [0.15, 0.2) is 0 Å². The summed E-state index contributed by atoms with van der Waals surface area (Å²) in [7, 11) is 0. The van der Waals surface area contributed by atoms with Gasteiger partial charge in [-0.1, -0.05) is 12.2 Å². The Hall–Kier alpha value is -1.69. The van der Waals surface area contributed by atoms with Gasteiger partial charge in [0.05, 0.1) is 12.6 Å². The minimum atomic E-state index is -0.920. The molecule has 6 bridgehead atoms.